The number of amides is 2. The molecule has 1 atom stereocenters. The van der Waals surface area contributed by atoms with E-state index in [0.717, 1.165) is 40.2 Å². The number of halogens is 3. The van der Waals surface area contributed by atoms with E-state index in [4.69, 9.17) is 0 Å². The normalized spacial score (nSPS) is 13.7. The summed E-state index contributed by atoms with van der Waals surface area (Å²) < 4.78 is 41.1. The first-order valence-electron chi connectivity index (χ1n) is 15.6. The molecule has 0 N–H and O–H groups in total. The fourth-order valence-electron chi connectivity index (χ4n) is 5.92. The number of aromatic nitrogens is 3. The molecule has 0 radical (unpaired) electrons. The predicted octanol–water partition coefficient (Wildman–Crippen LogP) is 6.74. The fourth-order valence-corrected chi connectivity index (χ4v) is 5.92. The van der Waals surface area contributed by atoms with Crippen LogP contribution in [0, 0.1) is 0 Å². The topological polar surface area (TPSA) is 71.3 Å². The predicted molar refractivity (Wildman–Crippen MR) is 177 cm³/mol. The van der Waals surface area contributed by atoms with Gasteiger partial charge in [-0.1, -0.05) is 66.7 Å². The minimum Gasteiger partial charge on any atom is -0.336 e. The number of hydrogen-bond donors (Lipinski definition) is 0. The summed E-state index contributed by atoms with van der Waals surface area (Å²) in [5.41, 5.74) is 5.23. The standard InChI is InChI=1S/C38H34F3N5O2/c1-44-33(19-22-43-44)24-35(37(48)45-23-20-29-6-2-3-7-31(29)26-45)46(25-28-9-14-30(15-10-28)34-8-4-5-21-42-34)36(47)18-13-27-11-16-32(17-12-27)38(39,40)41/h2-19,21-22,35H,20,23-26H2,1H3/t35-/m0/s1. The Morgan fingerprint density at radius 3 is 2.29 bits per heavy atom. The fraction of sp³-hybridized carbons (Fsp3) is 0.211. The molecule has 0 saturated carbocycles. The van der Waals surface area contributed by atoms with Crippen molar-refractivity contribution in [2.45, 2.75) is 38.1 Å². The van der Waals surface area contributed by atoms with Gasteiger partial charge in [-0.3, -0.25) is 19.3 Å². The molecule has 6 rings (SSSR count). The van der Waals surface area contributed by atoms with E-state index in [-0.39, 0.29) is 18.9 Å². The van der Waals surface area contributed by atoms with Gasteiger partial charge < -0.3 is 9.80 Å². The smallest absolute Gasteiger partial charge is 0.336 e. The number of benzene rings is 3. The Labute approximate surface area is 277 Å². The number of pyridine rings is 1. The highest BCUT2D eigenvalue weighted by atomic mass is 19.4. The maximum absolute atomic E-state index is 14.5. The number of alkyl halides is 3. The zero-order chi connectivity index (χ0) is 33.7. The number of carbonyl (C=O) groups excluding carboxylic acids is 2. The van der Waals surface area contributed by atoms with E-state index in [9.17, 15) is 22.8 Å². The summed E-state index contributed by atoms with van der Waals surface area (Å²) in [5, 5.41) is 4.29. The highest BCUT2D eigenvalue weighted by Crippen LogP contribution is 2.29. The summed E-state index contributed by atoms with van der Waals surface area (Å²) in [4.78, 5) is 36.4. The van der Waals surface area contributed by atoms with Crippen LogP contribution in [0.1, 0.15) is 33.5 Å². The Morgan fingerprint density at radius 2 is 1.62 bits per heavy atom. The summed E-state index contributed by atoms with van der Waals surface area (Å²) in [6.07, 6.45) is 2.63. The van der Waals surface area contributed by atoms with Gasteiger partial charge in [0.2, 0.25) is 11.8 Å². The number of fused-ring (bicyclic) bond motifs is 1. The first-order valence-corrected chi connectivity index (χ1v) is 15.6. The quantitative estimate of drug-likeness (QED) is 0.166. The average Bonchev–Trinajstić information content (AvgIpc) is 3.52. The highest BCUT2D eigenvalue weighted by molar-refractivity contribution is 5.95. The van der Waals surface area contributed by atoms with E-state index in [1.165, 1.54) is 29.8 Å². The summed E-state index contributed by atoms with van der Waals surface area (Å²) in [5.74, 6) is -0.631. The molecular formula is C38H34F3N5O2. The van der Waals surface area contributed by atoms with Crippen LogP contribution in [0.3, 0.4) is 0 Å². The molecule has 10 heteroatoms. The van der Waals surface area contributed by atoms with Crippen LogP contribution in [0.5, 0.6) is 0 Å². The maximum Gasteiger partial charge on any atom is 0.416 e. The largest absolute Gasteiger partial charge is 0.416 e. The van der Waals surface area contributed by atoms with Gasteiger partial charge in [-0.2, -0.15) is 18.3 Å². The lowest BCUT2D eigenvalue weighted by atomic mass is 9.98. The zero-order valence-corrected chi connectivity index (χ0v) is 26.3. The van der Waals surface area contributed by atoms with Gasteiger partial charge in [0, 0.05) is 62.8 Å². The third kappa shape index (κ3) is 7.54. The van der Waals surface area contributed by atoms with Gasteiger partial charge in [-0.25, -0.2) is 0 Å². The number of nitrogens with zero attached hydrogens (tertiary/aromatic N) is 5. The second kappa shape index (κ2) is 14.1. The molecule has 7 nitrogen and oxygen atoms in total. The molecule has 2 amide bonds. The molecule has 0 spiro atoms. The van der Waals surface area contributed by atoms with Gasteiger partial charge in [0.25, 0.3) is 0 Å². The minimum atomic E-state index is -4.46. The second-order valence-corrected chi connectivity index (χ2v) is 11.8. The molecule has 244 valence electrons. The zero-order valence-electron chi connectivity index (χ0n) is 26.3. The van der Waals surface area contributed by atoms with Crippen molar-refractivity contribution in [2.75, 3.05) is 6.54 Å². The van der Waals surface area contributed by atoms with Crippen molar-refractivity contribution < 1.29 is 22.8 Å². The van der Waals surface area contributed by atoms with Crippen molar-refractivity contribution in [3.63, 3.8) is 0 Å². The lowest BCUT2D eigenvalue weighted by molar-refractivity contribution is -0.144. The molecule has 1 aliphatic heterocycles. The Balaban J connectivity index is 1.34. The lowest BCUT2D eigenvalue weighted by Crippen LogP contribution is -2.52. The van der Waals surface area contributed by atoms with Crippen LogP contribution in [0.15, 0.2) is 116 Å². The molecule has 0 fully saturated rings. The molecule has 0 bridgehead atoms. The Kier molecular flexibility index (Phi) is 9.52. The SMILES string of the molecule is Cn1nccc1C[C@@H](C(=O)N1CCc2ccccc2C1)N(Cc1ccc(-c2ccccn2)cc1)C(=O)C=Cc1ccc(C(F)(F)F)cc1. The van der Waals surface area contributed by atoms with E-state index in [1.54, 1.807) is 33.9 Å². The van der Waals surface area contributed by atoms with Crippen molar-refractivity contribution in [1.82, 2.24) is 24.6 Å². The number of aryl methyl sites for hydroxylation is 1. The Morgan fingerprint density at radius 1 is 0.896 bits per heavy atom. The molecule has 1 aliphatic rings. The lowest BCUT2D eigenvalue weighted by Gasteiger charge is -2.36. The van der Waals surface area contributed by atoms with Crippen LogP contribution in [0.25, 0.3) is 17.3 Å². The summed E-state index contributed by atoms with van der Waals surface area (Å²) >= 11 is 0. The van der Waals surface area contributed by atoms with Gasteiger partial charge in [0.1, 0.15) is 6.04 Å². The molecule has 2 aromatic heterocycles. The molecule has 5 aromatic rings. The number of rotatable bonds is 9. The number of hydrogen-bond acceptors (Lipinski definition) is 4. The monoisotopic (exact) mass is 649 g/mol. The van der Waals surface area contributed by atoms with Gasteiger partial charge in [-0.05, 0) is 65.1 Å². The van der Waals surface area contributed by atoms with Crippen LogP contribution in [0.2, 0.25) is 0 Å². The van der Waals surface area contributed by atoms with Gasteiger partial charge >= 0.3 is 6.18 Å². The molecular weight excluding hydrogens is 615 g/mol. The van der Waals surface area contributed by atoms with Crippen molar-refractivity contribution in [3.8, 4) is 11.3 Å². The minimum absolute atomic E-state index is 0.122. The van der Waals surface area contributed by atoms with E-state index < -0.39 is 23.7 Å². The van der Waals surface area contributed by atoms with Crippen molar-refractivity contribution in [3.05, 3.63) is 149 Å². The van der Waals surface area contributed by atoms with Gasteiger partial charge in [-0.15, -0.1) is 0 Å². The average molecular weight is 650 g/mol. The Hall–Kier alpha value is -5.51. The van der Waals surface area contributed by atoms with Crippen LogP contribution in [-0.2, 0) is 48.7 Å². The van der Waals surface area contributed by atoms with E-state index in [2.05, 4.69) is 16.1 Å². The molecule has 0 unspecified atom stereocenters. The van der Waals surface area contributed by atoms with Crippen LogP contribution in [0.4, 0.5) is 13.2 Å². The first kappa shape index (κ1) is 32.4. The van der Waals surface area contributed by atoms with Gasteiger partial charge in [0.05, 0.1) is 11.3 Å². The van der Waals surface area contributed by atoms with E-state index in [1.807, 2.05) is 66.7 Å². The van der Waals surface area contributed by atoms with Crippen LogP contribution in [-0.4, -0.2) is 49.0 Å². The van der Waals surface area contributed by atoms with Crippen molar-refractivity contribution in [1.29, 1.82) is 0 Å². The molecule has 0 aliphatic carbocycles. The number of carbonyl (C=O) groups is 2. The van der Waals surface area contributed by atoms with Crippen LogP contribution >= 0.6 is 0 Å². The third-order valence-electron chi connectivity index (χ3n) is 8.64. The van der Waals surface area contributed by atoms with Crippen molar-refractivity contribution in [2.24, 2.45) is 7.05 Å². The van der Waals surface area contributed by atoms with Gasteiger partial charge in [0.15, 0.2) is 0 Å². The van der Waals surface area contributed by atoms with Crippen molar-refractivity contribution >= 4 is 17.9 Å². The first-order chi connectivity index (χ1) is 23.2. The summed E-state index contributed by atoms with van der Waals surface area (Å²) in [6.45, 7) is 1.07. The molecule has 0 saturated heterocycles. The molecule has 3 heterocycles. The van der Waals surface area contributed by atoms with E-state index in [0.29, 0.717) is 25.1 Å². The molecule has 3 aromatic carbocycles. The highest BCUT2D eigenvalue weighted by Gasteiger charge is 2.35. The second-order valence-electron chi connectivity index (χ2n) is 11.8. The maximum atomic E-state index is 14.5. The van der Waals surface area contributed by atoms with Crippen LogP contribution < -0.4 is 0 Å². The summed E-state index contributed by atoms with van der Waals surface area (Å²) in [7, 11) is 1.79. The Bertz CT molecular complexity index is 1900. The summed E-state index contributed by atoms with van der Waals surface area (Å²) in [6, 6.07) is 26.9. The third-order valence-corrected chi connectivity index (χ3v) is 8.64. The molecule has 48 heavy (non-hydrogen) atoms. The van der Waals surface area contributed by atoms with E-state index >= 15 is 0 Å².